The number of likely N-dealkylation sites (tertiary alicyclic amines) is 1. The van der Waals surface area contributed by atoms with E-state index in [1.54, 1.807) is 34.9 Å². The van der Waals surface area contributed by atoms with E-state index >= 15 is 0 Å². The van der Waals surface area contributed by atoms with E-state index in [0.29, 0.717) is 31.1 Å². The molecule has 2 aliphatic rings. The Morgan fingerprint density at radius 2 is 1.92 bits per heavy atom. The number of carbonyl (C=O) groups excluding carboxylic acids is 2. The maximum atomic E-state index is 13.9. The van der Waals surface area contributed by atoms with E-state index in [0.717, 1.165) is 44.5 Å². The van der Waals surface area contributed by atoms with Crippen LogP contribution in [0.25, 0.3) is 5.69 Å². The largest absolute Gasteiger partial charge is 0.342 e. The lowest BCUT2D eigenvalue weighted by molar-refractivity contribution is -0.128. The molecule has 0 spiro atoms. The number of halogens is 1. The fourth-order valence-corrected chi connectivity index (χ4v) is 5.16. The molecule has 2 aliphatic heterocycles. The Labute approximate surface area is 209 Å². The van der Waals surface area contributed by atoms with Crippen LogP contribution >= 0.6 is 0 Å². The average molecular weight is 492 g/mol. The van der Waals surface area contributed by atoms with E-state index < -0.39 is 0 Å². The van der Waals surface area contributed by atoms with Crippen LogP contribution in [0.3, 0.4) is 0 Å². The Balaban J connectivity index is 1.44. The molecule has 3 aromatic rings. The first kappa shape index (κ1) is 24.1. The van der Waals surface area contributed by atoms with Crippen LogP contribution in [0, 0.1) is 5.82 Å². The van der Waals surface area contributed by atoms with Crippen LogP contribution in [0.15, 0.2) is 48.8 Å². The van der Waals surface area contributed by atoms with Gasteiger partial charge in [-0.15, -0.1) is 10.2 Å². The second-order valence-electron chi connectivity index (χ2n) is 9.33. The Morgan fingerprint density at radius 1 is 1.03 bits per heavy atom. The van der Waals surface area contributed by atoms with Crippen molar-refractivity contribution in [2.75, 3.05) is 32.7 Å². The summed E-state index contributed by atoms with van der Waals surface area (Å²) in [5, 5.41) is 8.77. The van der Waals surface area contributed by atoms with E-state index in [1.165, 1.54) is 12.1 Å². The second-order valence-corrected chi connectivity index (χ2v) is 9.33. The highest BCUT2D eigenvalue weighted by Crippen LogP contribution is 2.33. The molecule has 2 amide bonds. The zero-order valence-electron chi connectivity index (χ0n) is 20.4. The highest BCUT2D eigenvalue weighted by molar-refractivity contribution is 5.92. The number of amides is 2. The summed E-state index contributed by atoms with van der Waals surface area (Å²) in [6, 6.07) is 9.93. The fourth-order valence-electron chi connectivity index (χ4n) is 5.16. The van der Waals surface area contributed by atoms with Crippen molar-refractivity contribution in [2.24, 2.45) is 0 Å². The standard InChI is InChI=1S/C26H30FN7O2/c1-19(35)32-12-5-11-31(14-15-32)18-24-29-30-25(34(24)22-8-3-10-28-17-22)26(36)33-13-4-9-23(33)20-6-2-7-21(27)16-20/h2-3,6-8,10,16-17,23H,4-5,9,11-15,18H2,1H3/t23-/m1/s1. The number of hydrogen-bond acceptors (Lipinski definition) is 6. The van der Waals surface area contributed by atoms with Gasteiger partial charge >= 0.3 is 0 Å². The van der Waals surface area contributed by atoms with E-state index in [4.69, 9.17) is 0 Å². The van der Waals surface area contributed by atoms with Gasteiger partial charge in [0.05, 0.1) is 24.5 Å². The lowest BCUT2D eigenvalue weighted by Crippen LogP contribution is -2.34. The first-order valence-electron chi connectivity index (χ1n) is 12.4. The second kappa shape index (κ2) is 10.5. The molecule has 0 unspecified atom stereocenters. The Kier molecular flexibility index (Phi) is 7.04. The molecule has 0 radical (unpaired) electrons. The molecule has 4 heterocycles. The van der Waals surface area contributed by atoms with Crippen molar-refractivity contribution in [3.05, 3.63) is 71.8 Å². The molecule has 0 saturated carbocycles. The minimum atomic E-state index is -0.312. The van der Waals surface area contributed by atoms with Gasteiger partial charge in [-0.05, 0) is 49.1 Å². The fraction of sp³-hybridized carbons (Fsp3) is 0.423. The third-order valence-electron chi connectivity index (χ3n) is 6.97. The maximum absolute atomic E-state index is 13.9. The molecular weight excluding hydrogens is 461 g/mol. The Morgan fingerprint density at radius 3 is 2.69 bits per heavy atom. The number of nitrogens with zero attached hydrogens (tertiary/aromatic N) is 7. The number of aromatic nitrogens is 4. The number of hydrogen-bond donors (Lipinski definition) is 0. The van der Waals surface area contributed by atoms with Gasteiger partial charge in [-0.3, -0.25) is 24.0 Å². The van der Waals surface area contributed by atoms with Gasteiger partial charge in [0.1, 0.15) is 5.82 Å². The third kappa shape index (κ3) is 4.99. The van der Waals surface area contributed by atoms with Crippen molar-refractivity contribution in [2.45, 2.75) is 38.8 Å². The quantitative estimate of drug-likeness (QED) is 0.546. The molecule has 1 atom stereocenters. The van der Waals surface area contributed by atoms with Crippen LogP contribution in [0.4, 0.5) is 4.39 Å². The SMILES string of the molecule is CC(=O)N1CCCN(Cc2nnc(C(=O)N3CCC[C@@H]3c3cccc(F)c3)n2-c2cccnc2)CC1. The van der Waals surface area contributed by atoms with Crippen molar-refractivity contribution in [3.63, 3.8) is 0 Å². The van der Waals surface area contributed by atoms with Gasteiger partial charge < -0.3 is 9.80 Å². The molecular formula is C26H30FN7O2. The van der Waals surface area contributed by atoms with E-state index in [-0.39, 0.29) is 29.5 Å². The summed E-state index contributed by atoms with van der Waals surface area (Å²) in [5.74, 6) is 0.406. The van der Waals surface area contributed by atoms with Crippen molar-refractivity contribution in [1.29, 1.82) is 0 Å². The third-order valence-corrected chi connectivity index (χ3v) is 6.97. The average Bonchev–Trinajstić information content (AvgIpc) is 3.46. The minimum Gasteiger partial charge on any atom is -0.342 e. The van der Waals surface area contributed by atoms with Crippen LogP contribution in [0.1, 0.15) is 54.2 Å². The highest BCUT2D eigenvalue weighted by Gasteiger charge is 2.34. The summed E-state index contributed by atoms with van der Waals surface area (Å²) in [6.07, 6.45) is 5.85. The molecule has 1 aromatic carbocycles. The van der Waals surface area contributed by atoms with Crippen molar-refractivity contribution in [3.8, 4) is 5.69 Å². The van der Waals surface area contributed by atoms with Crippen LogP contribution in [0.5, 0.6) is 0 Å². The first-order valence-corrected chi connectivity index (χ1v) is 12.4. The molecule has 0 bridgehead atoms. The van der Waals surface area contributed by atoms with E-state index in [9.17, 15) is 14.0 Å². The number of benzene rings is 1. The predicted octanol–water partition coefficient (Wildman–Crippen LogP) is 2.83. The molecule has 2 saturated heterocycles. The van der Waals surface area contributed by atoms with Crippen molar-refractivity contribution >= 4 is 11.8 Å². The zero-order chi connectivity index (χ0) is 25.1. The van der Waals surface area contributed by atoms with Gasteiger partial charge in [-0.2, -0.15) is 0 Å². The summed E-state index contributed by atoms with van der Waals surface area (Å²) in [4.78, 5) is 35.7. The molecule has 2 aromatic heterocycles. The first-order chi connectivity index (χ1) is 17.5. The molecule has 2 fully saturated rings. The molecule has 5 rings (SSSR count). The van der Waals surface area contributed by atoms with Gasteiger partial charge in [-0.25, -0.2) is 4.39 Å². The van der Waals surface area contributed by atoms with Gasteiger partial charge in [0.25, 0.3) is 5.91 Å². The zero-order valence-corrected chi connectivity index (χ0v) is 20.4. The highest BCUT2D eigenvalue weighted by atomic mass is 19.1. The smallest absolute Gasteiger partial charge is 0.292 e. The molecule has 0 aliphatic carbocycles. The van der Waals surface area contributed by atoms with Crippen molar-refractivity contribution in [1.82, 2.24) is 34.4 Å². The minimum absolute atomic E-state index is 0.0849. The summed E-state index contributed by atoms with van der Waals surface area (Å²) in [6.45, 7) is 5.60. The lowest BCUT2D eigenvalue weighted by atomic mass is 10.0. The van der Waals surface area contributed by atoms with Crippen molar-refractivity contribution < 1.29 is 14.0 Å². The predicted molar refractivity (Wildman–Crippen MR) is 131 cm³/mol. The Bertz CT molecular complexity index is 1230. The molecule has 10 heteroatoms. The van der Waals surface area contributed by atoms with Gasteiger partial charge in [0.15, 0.2) is 5.82 Å². The van der Waals surface area contributed by atoms with Crippen LogP contribution in [-0.2, 0) is 11.3 Å². The molecule has 36 heavy (non-hydrogen) atoms. The lowest BCUT2D eigenvalue weighted by Gasteiger charge is -2.25. The molecule has 188 valence electrons. The summed E-state index contributed by atoms with van der Waals surface area (Å²) in [7, 11) is 0. The van der Waals surface area contributed by atoms with E-state index in [1.807, 2.05) is 23.1 Å². The van der Waals surface area contributed by atoms with Crippen LogP contribution in [-0.4, -0.2) is 79.0 Å². The van der Waals surface area contributed by atoms with Gasteiger partial charge in [0.2, 0.25) is 11.7 Å². The normalized spacial score (nSPS) is 18.9. The van der Waals surface area contributed by atoms with Gasteiger partial charge in [-0.1, -0.05) is 12.1 Å². The Hall–Kier alpha value is -3.66. The number of rotatable bonds is 5. The summed E-state index contributed by atoms with van der Waals surface area (Å²) in [5.41, 5.74) is 1.50. The summed E-state index contributed by atoms with van der Waals surface area (Å²) >= 11 is 0. The van der Waals surface area contributed by atoms with Crippen LogP contribution in [0.2, 0.25) is 0 Å². The maximum Gasteiger partial charge on any atom is 0.292 e. The number of pyridine rings is 1. The van der Waals surface area contributed by atoms with Crippen LogP contribution < -0.4 is 0 Å². The molecule has 0 N–H and O–H groups in total. The monoisotopic (exact) mass is 491 g/mol. The summed E-state index contributed by atoms with van der Waals surface area (Å²) < 4.78 is 15.7. The van der Waals surface area contributed by atoms with Gasteiger partial charge in [0, 0.05) is 45.8 Å². The number of carbonyl (C=O) groups is 2. The van der Waals surface area contributed by atoms with E-state index in [2.05, 4.69) is 20.1 Å². The topological polar surface area (TPSA) is 87.5 Å². The molecule has 9 nitrogen and oxygen atoms in total.